The van der Waals surface area contributed by atoms with Crippen LogP contribution in [0.4, 0.5) is 0 Å². The molecular formula is C25H33NO10. The van der Waals surface area contributed by atoms with E-state index < -0.39 is 24.0 Å². The van der Waals surface area contributed by atoms with Gasteiger partial charge >= 0.3 is 11.9 Å². The number of carbonyl (C=O) groups is 3. The number of nitrogens with two attached hydrogens (primary N) is 1. The molecule has 36 heavy (non-hydrogen) atoms. The molecule has 0 saturated carbocycles. The number of esters is 1. The number of aliphatic hydroxyl groups excluding tert-OH is 1. The summed E-state index contributed by atoms with van der Waals surface area (Å²) in [5.74, 6) is -3.24. The van der Waals surface area contributed by atoms with Crippen molar-refractivity contribution in [3.8, 4) is 17.2 Å². The van der Waals surface area contributed by atoms with Crippen LogP contribution in [0.3, 0.4) is 0 Å². The van der Waals surface area contributed by atoms with E-state index in [1.807, 2.05) is 38.1 Å². The zero-order valence-corrected chi connectivity index (χ0v) is 21.0. The van der Waals surface area contributed by atoms with Gasteiger partial charge in [0.05, 0.1) is 40.0 Å². The van der Waals surface area contributed by atoms with Crippen LogP contribution in [-0.4, -0.2) is 68.6 Å². The molecule has 2 aromatic carbocycles. The molecule has 11 heteroatoms. The summed E-state index contributed by atoms with van der Waals surface area (Å²) in [7, 11) is 4.49. The van der Waals surface area contributed by atoms with Gasteiger partial charge in [-0.05, 0) is 31.5 Å². The van der Waals surface area contributed by atoms with Crippen molar-refractivity contribution in [3.63, 3.8) is 0 Å². The maximum atomic E-state index is 12.4. The van der Waals surface area contributed by atoms with E-state index in [9.17, 15) is 9.90 Å². The first kappa shape index (κ1) is 30.2. The zero-order valence-electron chi connectivity index (χ0n) is 21.0. The second-order valence-electron chi connectivity index (χ2n) is 7.74. The van der Waals surface area contributed by atoms with Crippen LogP contribution in [0.5, 0.6) is 17.2 Å². The van der Waals surface area contributed by atoms with E-state index >= 15 is 0 Å². The normalized spacial score (nSPS) is 11.8. The first-order valence-electron chi connectivity index (χ1n) is 11.0. The third kappa shape index (κ3) is 9.43. The maximum Gasteiger partial charge on any atom is 0.351 e. The minimum Gasteiger partial charge on any atom is -0.539 e. The van der Waals surface area contributed by atoms with Crippen LogP contribution in [0.1, 0.15) is 40.9 Å². The largest absolute Gasteiger partial charge is 0.539 e. The predicted octanol–water partition coefficient (Wildman–Crippen LogP) is 0.0741. The summed E-state index contributed by atoms with van der Waals surface area (Å²) in [5.41, 5.74) is 2.39. The number of benzene rings is 2. The summed E-state index contributed by atoms with van der Waals surface area (Å²) in [6.07, 6.45) is 0.119. The molecule has 0 radical (unpaired) electrons. The SMILES string of the molecule is COc1cc(C(=O)OCCC[NH2+]C(C)C(O)c2ccc(C)cc2)cc(OC)c1OC.O=C([O-])C(=O)O. The number of aliphatic hydroxyl groups is 1. The summed E-state index contributed by atoms with van der Waals surface area (Å²) < 4.78 is 21.2. The second kappa shape index (κ2) is 15.2. The summed E-state index contributed by atoms with van der Waals surface area (Å²) >= 11 is 0. The van der Waals surface area contributed by atoms with Gasteiger partial charge in [-0.15, -0.1) is 0 Å². The molecule has 0 aliphatic carbocycles. The number of aryl methyl sites for hydroxylation is 1. The lowest BCUT2D eigenvalue weighted by Crippen LogP contribution is -2.90. The van der Waals surface area contributed by atoms with Crippen LogP contribution in [0, 0.1) is 6.92 Å². The molecule has 11 nitrogen and oxygen atoms in total. The van der Waals surface area contributed by atoms with Crippen LogP contribution in [-0.2, 0) is 14.3 Å². The molecule has 2 rings (SSSR count). The highest BCUT2D eigenvalue weighted by Crippen LogP contribution is 2.38. The molecule has 0 amide bonds. The Labute approximate surface area is 209 Å². The van der Waals surface area contributed by atoms with E-state index in [2.05, 4.69) is 5.32 Å². The Hall–Kier alpha value is -3.83. The lowest BCUT2D eigenvalue weighted by Gasteiger charge is -2.18. The molecule has 2 atom stereocenters. The topological polar surface area (TPSA) is 168 Å². The highest BCUT2D eigenvalue weighted by atomic mass is 16.5. The Morgan fingerprint density at radius 2 is 1.53 bits per heavy atom. The van der Waals surface area contributed by atoms with Gasteiger partial charge in [0.15, 0.2) is 17.5 Å². The fourth-order valence-electron chi connectivity index (χ4n) is 3.11. The first-order chi connectivity index (χ1) is 17.0. The van der Waals surface area contributed by atoms with E-state index in [1.165, 1.54) is 21.3 Å². The molecule has 4 N–H and O–H groups in total. The van der Waals surface area contributed by atoms with Gasteiger partial charge in [0.1, 0.15) is 12.1 Å². The quantitative estimate of drug-likeness (QED) is 0.215. The Kier molecular flexibility index (Phi) is 12.8. The number of aliphatic carboxylic acids is 2. The van der Waals surface area contributed by atoms with Gasteiger partial charge in [0.25, 0.3) is 0 Å². The molecule has 0 aliphatic heterocycles. The summed E-state index contributed by atoms with van der Waals surface area (Å²) in [6, 6.07) is 11.0. The first-order valence-corrected chi connectivity index (χ1v) is 11.0. The predicted molar refractivity (Wildman–Crippen MR) is 126 cm³/mol. The van der Waals surface area contributed by atoms with Crippen molar-refractivity contribution in [2.24, 2.45) is 0 Å². The fraction of sp³-hybridized carbons (Fsp3) is 0.400. The van der Waals surface area contributed by atoms with Gasteiger partial charge in [-0.2, -0.15) is 0 Å². The smallest absolute Gasteiger partial charge is 0.351 e. The number of quaternary nitrogens is 1. The number of hydrogen-bond donors (Lipinski definition) is 3. The minimum atomic E-state index is -2.07. The Morgan fingerprint density at radius 3 is 1.97 bits per heavy atom. The van der Waals surface area contributed by atoms with Crippen molar-refractivity contribution in [3.05, 3.63) is 53.1 Å². The molecule has 0 aromatic heterocycles. The van der Waals surface area contributed by atoms with Gasteiger partial charge in [-0.25, -0.2) is 9.59 Å². The van der Waals surface area contributed by atoms with Gasteiger partial charge in [-0.1, -0.05) is 29.8 Å². The highest BCUT2D eigenvalue weighted by Gasteiger charge is 2.20. The number of carbonyl (C=O) groups excluding carboxylic acids is 2. The third-order valence-corrected chi connectivity index (χ3v) is 5.11. The lowest BCUT2D eigenvalue weighted by molar-refractivity contribution is -0.694. The summed E-state index contributed by atoms with van der Waals surface area (Å²) in [6.45, 7) is 5.00. The number of carboxylic acids is 2. The van der Waals surface area contributed by atoms with Crippen molar-refractivity contribution in [2.45, 2.75) is 32.4 Å². The Morgan fingerprint density at radius 1 is 1.00 bits per heavy atom. The van der Waals surface area contributed by atoms with E-state index in [1.54, 1.807) is 12.1 Å². The Bertz CT molecular complexity index is 969. The van der Waals surface area contributed by atoms with Gasteiger partial charge in [0, 0.05) is 6.42 Å². The van der Waals surface area contributed by atoms with Crippen LogP contribution in [0.25, 0.3) is 0 Å². The summed E-state index contributed by atoms with van der Waals surface area (Å²) in [5, 5.41) is 28.8. The lowest BCUT2D eigenvalue weighted by atomic mass is 10.0. The van der Waals surface area contributed by atoms with Crippen LogP contribution < -0.4 is 24.6 Å². The van der Waals surface area contributed by atoms with Gasteiger partial charge in [-0.3, -0.25) is 0 Å². The Balaban J connectivity index is 0.000000960. The second-order valence-corrected chi connectivity index (χ2v) is 7.74. The van der Waals surface area contributed by atoms with Gasteiger partial charge in [0.2, 0.25) is 5.75 Å². The number of methoxy groups -OCH3 is 3. The average molecular weight is 508 g/mol. The summed E-state index contributed by atoms with van der Waals surface area (Å²) in [4.78, 5) is 30.4. The molecule has 0 fully saturated rings. The minimum absolute atomic E-state index is 0.00137. The molecule has 0 bridgehead atoms. The molecule has 0 spiro atoms. The van der Waals surface area contributed by atoms with Gasteiger partial charge < -0.3 is 44.4 Å². The molecule has 198 valence electrons. The number of hydrogen-bond acceptors (Lipinski definition) is 9. The van der Waals surface area contributed by atoms with Crippen molar-refractivity contribution in [1.82, 2.24) is 0 Å². The standard InChI is InChI=1S/C23H31NO6.C2H2O4/c1-15-7-9-17(10-8-15)21(25)16(2)24-11-6-12-30-23(26)18-13-19(27-3)22(29-5)20(14-18)28-4;3-1(4)2(5)6/h7-10,13-14,16,21,24-25H,6,11-12H2,1-5H3;(H,3,4)(H,5,6). The van der Waals surface area contributed by atoms with E-state index in [0.29, 0.717) is 29.2 Å². The molecule has 0 saturated heterocycles. The number of carboxylic acid groups (broad SMARTS) is 2. The van der Waals surface area contributed by atoms with Crippen molar-refractivity contribution in [1.29, 1.82) is 0 Å². The third-order valence-electron chi connectivity index (χ3n) is 5.11. The van der Waals surface area contributed by atoms with E-state index in [-0.39, 0.29) is 12.6 Å². The molecule has 0 aliphatic rings. The highest BCUT2D eigenvalue weighted by molar-refractivity contribution is 6.26. The van der Waals surface area contributed by atoms with E-state index in [0.717, 1.165) is 17.7 Å². The fourth-order valence-corrected chi connectivity index (χ4v) is 3.11. The number of ether oxygens (including phenoxy) is 4. The van der Waals surface area contributed by atoms with E-state index in [4.69, 9.17) is 38.7 Å². The molecular weight excluding hydrogens is 474 g/mol. The molecule has 2 aromatic rings. The molecule has 0 heterocycles. The van der Waals surface area contributed by atoms with Crippen molar-refractivity contribution >= 4 is 17.9 Å². The average Bonchev–Trinajstić information content (AvgIpc) is 2.87. The molecule has 2 unspecified atom stereocenters. The van der Waals surface area contributed by atoms with Crippen LogP contribution in [0.2, 0.25) is 0 Å². The van der Waals surface area contributed by atoms with Crippen molar-refractivity contribution < 1.29 is 54.0 Å². The number of rotatable bonds is 11. The maximum absolute atomic E-state index is 12.4. The van der Waals surface area contributed by atoms with Crippen LogP contribution in [0.15, 0.2) is 36.4 Å². The van der Waals surface area contributed by atoms with Crippen LogP contribution >= 0.6 is 0 Å². The zero-order chi connectivity index (χ0) is 27.3. The monoisotopic (exact) mass is 507 g/mol. The van der Waals surface area contributed by atoms with Crippen molar-refractivity contribution in [2.75, 3.05) is 34.5 Å².